The van der Waals surface area contributed by atoms with E-state index in [0.29, 0.717) is 14.8 Å². The molecule has 1 heterocycles. The molecule has 2 aromatic carbocycles. The zero-order valence-corrected chi connectivity index (χ0v) is 16.8. The van der Waals surface area contributed by atoms with Crippen LogP contribution in [0.15, 0.2) is 71.7 Å². The molecule has 0 unspecified atom stereocenters. The Morgan fingerprint density at radius 1 is 1.18 bits per heavy atom. The third-order valence-corrected chi connectivity index (χ3v) is 5.35. The molecular formula is C21H18N2O3S2. The van der Waals surface area contributed by atoms with Gasteiger partial charge in [-0.15, -0.1) is 0 Å². The molecule has 0 spiro atoms. The molecule has 1 fully saturated rings. The maximum Gasteiger partial charge on any atom is 0.337 e. The van der Waals surface area contributed by atoms with Crippen LogP contribution in [0, 0.1) is 0 Å². The quantitative estimate of drug-likeness (QED) is 0.435. The average Bonchev–Trinajstić information content (AvgIpc) is 3.00. The number of carbonyl (C=O) groups is 2. The number of thioether (sulfide) groups is 1. The molecule has 0 saturated carbocycles. The van der Waals surface area contributed by atoms with E-state index in [1.165, 1.54) is 23.8 Å². The first-order valence-electron chi connectivity index (χ1n) is 8.48. The summed E-state index contributed by atoms with van der Waals surface area (Å²) in [7, 11) is 1.34. The van der Waals surface area contributed by atoms with Crippen molar-refractivity contribution in [2.45, 2.75) is 0 Å². The van der Waals surface area contributed by atoms with Crippen LogP contribution in [0.3, 0.4) is 0 Å². The van der Waals surface area contributed by atoms with Crippen molar-refractivity contribution >= 4 is 51.9 Å². The Bertz CT molecular complexity index is 938. The lowest BCUT2D eigenvalue weighted by atomic mass is 10.2. The van der Waals surface area contributed by atoms with E-state index in [4.69, 9.17) is 12.2 Å². The van der Waals surface area contributed by atoms with E-state index in [-0.39, 0.29) is 12.6 Å². The summed E-state index contributed by atoms with van der Waals surface area (Å²) >= 11 is 6.60. The molecule has 3 rings (SSSR count). The number of rotatable bonds is 6. The van der Waals surface area contributed by atoms with Gasteiger partial charge in [-0.25, -0.2) is 4.79 Å². The zero-order valence-electron chi connectivity index (χ0n) is 15.1. The van der Waals surface area contributed by atoms with Gasteiger partial charge >= 0.3 is 5.97 Å². The molecule has 28 heavy (non-hydrogen) atoms. The van der Waals surface area contributed by atoms with Crippen molar-refractivity contribution < 1.29 is 14.3 Å². The molecule has 5 nitrogen and oxygen atoms in total. The Labute approximate surface area is 173 Å². The summed E-state index contributed by atoms with van der Waals surface area (Å²) in [6.07, 6.45) is 5.56. The summed E-state index contributed by atoms with van der Waals surface area (Å²) in [6, 6.07) is 16.7. The van der Waals surface area contributed by atoms with Crippen LogP contribution >= 0.6 is 24.0 Å². The van der Waals surface area contributed by atoms with Crippen LogP contribution in [0.1, 0.15) is 15.9 Å². The summed E-state index contributed by atoms with van der Waals surface area (Å²) < 4.78 is 5.18. The van der Waals surface area contributed by atoms with Crippen LogP contribution in [-0.4, -0.2) is 34.9 Å². The standard InChI is InChI=1S/C21H18N2O3S2/c1-26-20(25)16-10-12-17(13-11-16)22-14-23-19(24)18(28-21(23)27)9-5-8-15-6-3-2-4-7-15/h2-13,22H,14H2,1H3/b8-5+,18-9+. The molecule has 0 radical (unpaired) electrons. The van der Waals surface area contributed by atoms with Gasteiger partial charge in [-0.05, 0) is 35.9 Å². The number of hydrogen-bond acceptors (Lipinski definition) is 6. The van der Waals surface area contributed by atoms with Crippen molar-refractivity contribution in [2.24, 2.45) is 0 Å². The number of thiocarbonyl (C=S) groups is 1. The van der Waals surface area contributed by atoms with E-state index in [2.05, 4.69) is 10.1 Å². The van der Waals surface area contributed by atoms with Gasteiger partial charge in [0, 0.05) is 5.69 Å². The molecule has 0 aromatic heterocycles. The summed E-state index contributed by atoms with van der Waals surface area (Å²) in [6.45, 7) is 0.252. The van der Waals surface area contributed by atoms with Crippen molar-refractivity contribution in [1.82, 2.24) is 4.90 Å². The summed E-state index contributed by atoms with van der Waals surface area (Å²) in [5, 5.41) is 3.14. The fourth-order valence-corrected chi connectivity index (χ4v) is 3.68. The van der Waals surface area contributed by atoms with Gasteiger partial charge in [-0.1, -0.05) is 66.5 Å². The predicted molar refractivity (Wildman–Crippen MR) is 117 cm³/mol. The number of esters is 1. The molecule has 1 aliphatic heterocycles. The van der Waals surface area contributed by atoms with E-state index < -0.39 is 5.97 Å². The smallest absolute Gasteiger partial charge is 0.337 e. The van der Waals surface area contributed by atoms with Crippen LogP contribution in [0.25, 0.3) is 6.08 Å². The number of allylic oxidation sites excluding steroid dienone is 2. The number of amides is 1. The largest absolute Gasteiger partial charge is 0.465 e. The summed E-state index contributed by atoms with van der Waals surface area (Å²) in [5.41, 5.74) is 2.30. The SMILES string of the molecule is COC(=O)c1ccc(NCN2C(=O)/C(=C\C=C\c3ccccc3)SC2=S)cc1. The summed E-state index contributed by atoms with van der Waals surface area (Å²) in [5.74, 6) is -0.524. The first-order chi connectivity index (χ1) is 13.6. The number of carbonyl (C=O) groups excluding carboxylic acids is 2. The molecule has 1 N–H and O–H groups in total. The fraction of sp³-hybridized carbons (Fsp3) is 0.0952. The van der Waals surface area contributed by atoms with Crippen LogP contribution in [0.4, 0.5) is 5.69 Å². The molecule has 1 saturated heterocycles. The molecule has 0 bridgehead atoms. The lowest BCUT2D eigenvalue weighted by molar-refractivity contribution is -0.121. The minimum Gasteiger partial charge on any atom is -0.465 e. The molecule has 0 atom stereocenters. The Morgan fingerprint density at radius 2 is 1.89 bits per heavy atom. The van der Waals surface area contributed by atoms with Crippen molar-refractivity contribution in [3.05, 3.63) is 82.8 Å². The van der Waals surface area contributed by atoms with Gasteiger partial charge in [0.25, 0.3) is 5.91 Å². The van der Waals surface area contributed by atoms with E-state index in [0.717, 1.165) is 11.3 Å². The van der Waals surface area contributed by atoms with Crippen molar-refractivity contribution in [1.29, 1.82) is 0 Å². The Balaban J connectivity index is 1.60. The van der Waals surface area contributed by atoms with Crippen molar-refractivity contribution in [3.63, 3.8) is 0 Å². The fourth-order valence-electron chi connectivity index (χ4n) is 2.47. The van der Waals surface area contributed by atoms with E-state index in [1.54, 1.807) is 30.3 Å². The molecule has 142 valence electrons. The number of anilines is 1. The number of benzene rings is 2. The monoisotopic (exact) mass is 410 g/mol. The summed E-state index contributed by atoms with van der Waals surface area (Å²) in [4.78, 5) is 26.1. The number of hydrogen-bond donors (Lipinski definition) is 1. The lowest BCUT2D eigenvalue weighted by Crippen LogP contribution is -2.33. The Hall–Kier alpha value is -2.90. The number of nitrogens with one attached hydrogen (secondary N) is 1. The maximum atomic E-state index is 12.6. The average molecular weight is 411 g/mol. The number of ether oxygens (including phenoxy) is 1. The van der Waals surface area contributed by atoms with Gasteiger partial charge in [0.15, 0.2) is 0 Å². The normalized spacial score (nSPS) is 15.5. The molecule has 7 heteroatoms. The minimum absolute atomic E-state index is 0.133. The van der Waals surface area contributed by atoms with E-state index in [1.807, 2.05) is 42.5 Å². The minimum atomic E-state index is -0.391. The van der Waals surface area contributed by atoms with Gasteiger partial charge in [-0.3, -0.25) is 9.69 Å². The van der Waals surface area contributed by atoms with E-state index >= 15 is 0 Å². The molecule has 1 aliphatic rings. The van der Waals surface area contributed by atoms with Gasteiger partial charge in [0.1, 0.15) is 4.32 Å². The van der Waals surface area contributed by atoms with Gasteiger partial charge in [0.05, 0.1) is 24.2 Å². The second kappa shape index (κ2) is 9.34. The number of methoxy groups -OCH3 is 1. The van der Waals surface area contributed by atoms with Gasteiger partial charge < -0.3 is 10.1 Å². The third kappa shape index (κ3) is 4.88. The first-order valence-corrected chi connectivity index (χ1v) is 9.70. The highest BCUT2D eigenvalue weighted by Crippen LogP contribution is 2.30. The van der Waals surface area contributed by atoms with Crippen molar-refractivity contribution in [3.8, 4) is 0 Å². The van der Waals surface area contributed by atoms with Gasteiger partial charge in [-0.2, -0.15) is 0 Å². The molecular weight excluding hydrogens is 392 g/mol. The van der Waals surface area contributed by atoms with Crippen LogP contribution in [-0.2, 0) is 9.53 Å². The lowest BCUT2D eigenvalue weighted by Gasteiger charge is -2.16. The highest BCUT2D eigenvalue weighted by molar-refractivity contribution is 8.26. The Kier molecular flexibility index (Phi) is 6.62. The van der Waals surface area contributed by atoms with Crippen molar-refractivity contribution in [2.75, 3.05) is 19.1 Å². The third-order valence-electron chi connectivity index (χ3n) is 3.96. The highest BCUT2D eigenvalue weighted by atomic mass is 32.2. The zero-order chi connectivity index (χ0) is 19.9. The highest BCUT2D eigenvalue weighted by Gasteiger charge is 2.31. The topological polar surface area (TPSA) is 58.6 Å². The van der Waals surface area contributed by atoms with Gasteiger partial charge in [0.2, 0.25) is 0 Å². The molecule has 1 amide bonds. The first kappa shape index (κ1) is 19.9. The second-order valence-corrected chi connectivity index (χ2v) is 7.48. The Morgan fingerprint density at radius 3 is 2.57 bits per heavy atom. The number of nitrogens with zero attached hydrogens (tertiary/aromatic N) is 1. The van der Waals surface area contributed by atoms with E-state index in [9.17, 15) is 9.59 Å². The van der Waals surface area contributed by atoms with Crippen LogP contribution < -0.4 is 5.32 Å². The molecule has 2 aromatic rings. The van der Waals surface area contributed by atoms with Crippen LogP contribution in [0.5, 0.6) is 0 Å². The second-order valence-electron chi connectivity index (χ2n) is 5.81. The molecule has 0 aliphatic carbocycles. The maximum absolute atomic E-state index is 12.6. The van der Waals surface area contributed by atoms with Crippen LogP contribution in [0.2, 0.25) is 0 Å². The predicted octanol–water partition coefficient (Wildman–Crippen LogP) is 4.30.